The predicted octanol–water partition coefficient (Wildman–Crippen LogP) is 1.34. The molecule has 0 aromatic carbocycles. The van der Waals surface area contributed by atoms with Gasteiger partial charge in [0.1, 0.15) is 13.2 Å². The van der Waals surface area contributed by atoms with E-state index in [4.69, 9.17) is 0 Å². The van der Waals surface area contributed by atoms with E-state index in [9.17, 15) is 4.57 Å². The maximum Gasteiger partial charge on any atom is 0.697 e. The molecule has 0 aliphatic carbocycles. The average molecular weight is 160 g/mol. The first-order valence-electron chi connectivity index (χ1n) is 2.54. The first-order chi connectivity index (χ1) is 3.81. The van der Waals surface area contributed by atoms with E-state index in [1.807, 2.05) is 0 Å². The van der Waals surface area contributed by atoms with E-state index in [0.717, 1.165) is 0 Å². The van der Waals surface area contributed by atoms with Crippen LogP contribution in [-0.4, -0.2) is 42.8 Å². The monoisotopic (exact) mass is 160 g/mol. The second-order valence-electron chi connectivity index (χ2n) is 1.06. The van der Waals surface area contributed by atoms with Gasteiger partial charge in [0, 0.05) is 34.1 Å². The summed E-state index contributed by atoms with van der Waals surface area (Å²) in [5, 5.41) is 0. The predicted molar refractivity (Wildman–Crippen MR) is 36.6 cm³/mol. The number of hydrogen-bond acceptors (Lipinski definition) is 3. The first kappa shape index (κ1) is 12.7. The van der Waals surface area contributed by atoms with E-state index in [1.54, 1.807) is 13.8 Å². The topological polar surface area (TPSA) is 35.5 Å². The molecule has 0 aromatic heterocycles. The van der Waals surface area contributed by atoms with E-state index in [2.05, 4.69) is 9.05 Å². The fourth-order valence-corrected chi connectivity index (χ4v) is 0.744. The Morgan fingerprint density at radius 2 is 1.56 bits per heavy atom. The molecule has 0 N–H and O–H groups in total. The smallest absolute Gasteiger partial charge is 0.119 e. The third-order valence-corrected chi connectivity index (χ3v) is 1.41. The molecule has 49 valence electrons. The van der Waals surface area contributed by atoms with Gasteiger partial charge in [0.05, 0.1) is 0 Å². The summed E-state index contributed by atoms with van der Waals surface area (Å²) in [5.74, 6) is 0. The Hall–Kier alpha value is 1.02. The average Bonchev–Trinajstić information content (AvgIpc) is 1.68. The molecule has 0 aliphatic rings. The van der Waals surface area contributed by atoms with Gasteiger partial charge in [0.25, 0.3) is 0 Å². The van der Waals surface area contributed by atoms with Crippen molar-refractivity contribution in [1.29, 1.82) is 0 Å². The van der Waals surface area contributed by atoms with Crippen molar-refractivity contribution in [3.63, 3.8) is 0 Å². The zero-order chi connectivity index (χ0) is 6.41. The molecule has 0 rings (SSSR count). The summed E-state index contributed by atoms with van der Waals surface area (Å²) in [6.07, 6.45) is 0. The molecule has 0 heterocycles. The Kier molecular flexibility index (Phi) is 12.7. The molecular weight excluding hydrogens is 150 g/mol. The van der Waals surface area contributed by atoms with Crippen LogP contribution in [0.4, 0.5) is 0 Å². The standard InChI is InChI=1S/C4H10O3P.Na/c1-3-6-8(5)7-4-2;/h3-4H2,1-2H3;/q+1;. The molecule has 1 radical (unpaired) electrons. The van der Waals surface area contributed by atoms with Gasteiger partial charge in [0.2, 0.25) is 0 Å². The van der Waals surface area contributed by atoms with Gasteiger partial charge >= 0.3 is 8.25 Å². The third-order valence-electron chi connectivity index (χ3n) is 0.469. The van der Waals surface area contributed by atoms with Crippen molar-refractivity contribution < 1.29 is 13.6 Å². The fraction of sp³-hybridized carbons (Fsp3) is 1.00. The minimum absolute atomic E-state index is 0. The van der Waals surface area contributed by atoms with E-state index < -0.39 is 8.25 Å². The molecule has 0 aliphatic heterocycles. The molecule has 0 aromatic rings. The van der Waals surface area contributed by atoms with Gasteiger partial charge in [-0.2, -0.15) is 0 Å². The summed E-state index contributed by atoms with van der Waals surface area (Å²) in [6.45, 7) is 4.42. The van der Waals surface area contributed by atoms with Gasteiger partial charge in [-0.3, -0.25) is 0 Å². The number of hydrogen-bond donors (Lipinski definition) is 0. The van der Waals surface area contributed by atoms with Crippen molar-refractivity contribution in [3.8, 4) is 0 Å². The Morgan fingerprint density at radius 3 is 1.78 bits per heavy atom. The van der Waals surface area contributed by atoms with Gasteiger partial charge in [-0.1, -0.05) is 0 Å². The van der Waals surface area contributed by atoms with Crippen LogP contribution in [0, 0.1) is 0 Å². The van der Waals surface area contributed by atoms with Gasteiger partial charge in [-0.15, -0.1) is 9.05 Å². The molecule has 0 saturated heterocycles. The van der Waals surface area contributed by atoms with Crippen molar-refractivity contribution in [2.75, 3.05) is 13.2 Å². The second-order valence-corrected chi connectivity index (χ2v) is 2.02. The molecule has 0 bridgehead atoms. The maximum absolute atomic E-state index is 10.3. The van der Waals surface area contributed by atoms with Crippen LogP contribution in [0.1, 0.15) is 13.8 Å². The Balaban J connectivity index is 0. The van der Waals surface area contributed by atoms with Crippen LogP contribution in [0.2, 0.25) is 0 Å². The van der Waals surface area contributed by atoms with Crippen molar-refractivity contribution in [2.24, 2.45) is 0 Å². The van der Waals surface area contributed by atoms with Crippen LogP contribution < -0.4 is 0 Å². The summed E-state index contributed by atoms with van der Waals surface area (Å²) in [6, 6.07) is 0. The fourth-order valence-electron chi connectivity index (χ4n) is 0.248. The van der Waals surface area contributed by atoms with Gasteiger partial charge in [0.15, 0.2) is 0 Å². The molecule has 9 heavy (non-hydrogen) atoms. The van der Waals surface area contributed by atoms with E-state index in [0.29, 0.717) is 13.2 Å². The van der Waals surface area contributed by atoms with Crippen molar-refractivity contribution in [1.82, 2.24) is 0 Å². The molecule has 0 atom stereocenters. The van der Waals surface area contributed by atoms with Crippen LogP contribution in [-0.2, 0) is 13.6 Å². The van der Waals surface area contributed by atoms with Crippen molar-refractivity contribution in [3.05, 3.63) is 0 Å². The second kappa shape index (κ2) is 9.02. The zero-order valence-electron chi connectivity index (χ0n) is 6.09. The molecule has 0 saturated carbocycles. The molecule has 3 nitrogen and oxygen atoms in total. The summed E-state index contributed by atoms with van der Waals surface area (Å²) < 4.78 is 19.5. The maximum atomic E-state index is 10.3. The minimum atomic E-state index is -1.83. The molecular formula is C4H10NaO3P+. The van der Waals surface area contributed by atoms with Crippen LogP contribution in [0.15, 0.2) is 0 Å². The molecule has 0 unspecified atom stereocenters. The van der Waals surface area contributed by atoms with Crippen LogP contribution in [0.25, 0.3) is 0 Å². The van der Waals surface area contributed by atoms with Gasteiger partial charge in [-0.25, -0.2) is 0 Å². The Labute approximate surface area is 78.4 Å². The van der Waals surface area contributed by atoms with E-state index in [1.165, 1.54) is 0 Å². The largest absolute Gasteiger partial charge is 0.697 e. The summed E-state index contributed by atoms with van der Waals surface area (Å²) in [5.41, 5.74) is 0. The Morgan fingerprint density at radius 1 is 1.22 bits per heavy atom. The molecule has 5 heteroatoms. The van der Waals surface area contributed by atoms with Crippen molar-refractivity contribution >= 4 is 37.8 Å². The zero-order valence-corrected chi connectivity index (χ0v) is 8.98. The minimum Gasteiger partial charge on any atom is -0.119 e. The van der Waals surface area contributed by atoms with Crippen LogP contribution in [0.3, 0.4) is 0 Å². The van der Waals surface area contributed by atoms with Crippen molar-refractivity contribution in [2.45, 2.75) is 13.8 Å². The SMILES string of the molecule is CCO[P+](=O)OCC.[Na]. The summed E-state index contributed by atoms with van der Waals surface area (Å²) >= 11 is 0. The molecule has 0 spiro atoms. The van der Waals surface area contributed by atoms with Gasteiger partial charge < -0.3 is 0 Å². The van der Waals surface area contributed by atoms with Crippen LogP contribution in [0.5, 0.6) is 0 Å². The Bertz CT molecular complexity index is 70.2. The summed E-state index contributed by atoms with van der Waals surface area (Å²) in [4.78, 5) is 0. The third kappa shape index (κ3) is 9.02. The summed E-state index contributed by atoms with van der Waals surface area (Å²) in [7, 11) is -1.83. The quantitative estimate of drug-likeness (QED) is 0.459. The van der Waals surface area contributed by atoms with E-state index >= 15 is 0 Å². The normalized spacial score (nSPS) is 8.22. The molecule has 0 fully saturated rings. The van der Waals surface area contributed by atoms with Crippen LogP contribution >= 0.6 is 8.25 Å². The van der Waals surface area contributed by atoms with Gasteiger partial charge in [-0.05, 0) is 13.8 Å². The first-order valence-corrected chi connectivity index (χ1v) is 3.63. The number of rotatable bonds is 4. The van der Waals surface area contributed by atoms with E-state index in [-0.39, 0.29) is 29.6 Å². The molecule has 0 amide bonds.